The quantitative estimate of drug-likeness (QED) is 0.0356. The summed E-state index contributed by atoms with van der Waals surface area (Å²) in [5.41, 5.74) is 5.10. The predicted molar refractivity (Wildman–Crippen MR) is 273 cm³/mol. The Labute approximate surface area is 415 Å². The summed E-state index contributed by atoms with van der Waals surface area (Å²) in [4.78, 5) is 61.3. The first-order valence-corrected chi connectivity index (χ1v) is 25.3. The zero-order valence-electron chi connectivity index (χ0n) is 38.2. The van der Waals surface area contributed by atoms with Crippen LogP contribution in [0.1, 0.15) is 67.4 Å². The summed E-state index contributed by atoms with van der Waals surface area (Å²) < 4.78 is 36.4. The van der Waals surface area contributed by atoms with Gasteiger partial charge in [-0.3, -0.25) is 34.7 Å². The third kappa shape index (κ3) is 8.79. The topological polar surface area (TPSA) is 237 Å². The number of nitro benzene ring substituents is 2. The minimum atomic E-state index is -4.14. The predicted octanol–water partition coefficient (Wildman–Crippen LogP) is 9.79. The van der Waals surface area contributed by atoms with Gasteiger partial charge in [0.2, 0.25) is 10.0 Å². The van der Waals surface area contributed by atoms with Crippen LogP contribution in [0, 0.1) is 27.2 Å². The lowest BCUT2D eigenvalue weighted by atomic mass is 9.91. The van der Waals surface area contributed by atoms with E-state index < -0.39 is 26.8 Å². The molecule has 0 saturated heterocycles. The molecule has 3 heterocycles. The van der Waals surface area contributed by atoms with Crippen LogP contribution in [0.5, 0.6) is 11.5 Å². The van der Waals surface area contributed by atoms with Crippen LogP contribution in [0.3, 0.4) is 0 Å². The molecule has 2 aromatic heterocycles. The van der Waals surface area contributed by atoms with Gasteiger partial charge in [0.25, 0.3) is 17.3 Å². The largest absolute Gasteiger partial charge is 0.492 e. The minimum absolute atomic E-state index is 0.0227. The normalized spacial score (nSPS) is 16.6. The van der Waals surface area contributed by atoms with Crippen molar-refractivity contribution in [1.29, 1.82) is 0 Å². The molecule has 17 nitrogen and oxygen atoms in total. The van der Waals surface area contributed by atoms with E-state index in [1.165, 1.54) is 29.2 Å². The molecule has 3 unspecified atom stereocenters. The van der Waals surface area contributed by atoms with E-state index in [-0.39, 0.29) is 68.2 Å². The van der Waals surface area contributed by atoms with Crippen molar-refractivity contribution in [2.24, 2.45) is 5.14 Å². The highest BCUT2D eigenvalue weighted by molar-refractivity contribution is 7.89. The number of hydrogen-bond acceptors (Lipinski definition) is 11. The van der Waals surface area contributed by atoms with Gasteiger partial charge in [0.1, 0.15) is 30.4 Å². The molecule has 8 aromatic rings. The van der Waals surface area contributed by atoms with Gasteiger partial charge in [-0.25, -0.2) is 13.6 Å². The van der Waals surface area contributed by atoms with Crippen LogP contribution in [0.15, 0.2) is 102 Å². The molecule has 6 aromatic carbocycles. The summed E-state index contributed by atoms with van der Waals surface area (Å²) in [6, 6.07) is 26.9. The third-order valence-corrected chi connectivity index (χ3v) is 15.3. The number of nitrogens with two attached hydrogens (primary N) is 1. The molecule has 364 valence electrons. The van der Waals surface area contributed by atoms with Crippen LogP contribution in [0.25, 0.3) is 43.4 Å². The van der Waals surface area contributed by atoms with Crippen molar-refractivity contribution in [3.8, 4) is 11.5 Å². The van der Waals surface area contributed by atoms with Crippen molar-refractivity contribution in [1.82, 2.24) is 14.9 Å². The fourth-order valence-corrected chi connectivity index (χ4v) is 11.3. The number of anilines is 1. The number of ketones is 1. The Morgan fingerprint density at radius 1 is 0.746 bits per heavy atom. The summed E-state index contributed by atoms with van der Waals surface area (Å²) in [5.74, 6) is -0.0537. The van der Waals surface area contributed by atoms with Gasteiger partial charge >= 0.3 is 0 Å². The highest BCUT2D eigenvalue weighted by Crippen LogP contribution is 2.50. The number of amides is 1. The Bertz CT molecular complexity index is 3650. The summed E-state index contributed by atoms with van der Waals surface area (Å²) in [5, 5.41) is 33.1. The lowest BCUT2D eigenvalue weighted by Crippen LogP contribution is -2.30. The lowest BCUT2D eigenvalue weighted by molar-refractivity contribution is -0.383. The van der Waals surface area contributed by atoms with E-state index in [0.29, 0.717) is 83.0 Å². The Balaban J connectivity index is 0.756. The number of non-ortho nitro benzene ring substituents is 2. The van der Waals surface area contributed by atoms with Gasteiger partial charge in [-0.1, -0.05) is 23.8 Å². The fraction of sp³-hybridized carbons (Fsp3) is 0.255. The Morgan fingerprint density at radius 2 is 1.32 bits per heavy atom. The Hall–Kier alpha value is -7.09. The summed E-state index contributed by atoms with van der Waals surface area (Å²) in [6.45, 7) is 3.95. The van der Waals surface area contributed by atoms with E-state index in [9.17, 15) is 38.2 Å². The minimum Gasteiger partial charge on any atom is -0.492 e. The molecule has 0 spiro atoms. The third-order valence-electron chi connectivity index (χ3n) is 13.7. The molecule has 0 bridgehead atoms. The van der Waals surface area contributed by atoms with Crippen molar-refractivity contribution in [3.05, 3.63) is 151 Å². The van der Waals surface area contributed by atoms with Crippen LogP contribution >= 0.6 is 23.2 Å². The molecular weight excluding hydrogens is 974 g/mol. The maximum Gasteiger partial charge on any atom is 0.279 e. The second-order valence-electron chi connectivity index (χ2n) is 18.2. The molecule has 1 amide bonds. The van der Waals surface area contributed by atoms with E-state index in [4.69, 9.17) is 37.8 Å². The zero-order chi connectivity index (χ0) is 50.0. The second-order valence-corrected chi connectivity index (χ2v) is 20.4. The first-order valence-electron chi connectivity index (χ1n) is 22.7. The van der Waals surface area contributed by atoms with Gasteiger partial charge in [0.15, 0.2) is 5.78 Å². The van der Waals surface area contributed by atoms with Crippen molar-refractivity contribution < 1.29 is 37.3 Å². The number of fused-ring (bicyclic) bond motifs is 8. The molecule has 71 heavy (non-hydrogen) atoms. The van der Waals surface area contributed by atoms with E-state index in [0.717, 1.165) is 32.8 Å². The van der Waals surface area contributed by atoms with Crippen molar-refractivity contribution in [3.63, 3.8) is 0 Å². The average molecular weight is 1020 g/mol. The number of ether oxygens (including phenoxy) is 2. The highest BCUT2D eigenvalue weighted by Gasteiger charge is 2.40. The zero-order valence-corrected chi connectivity index (χ0v) is 40.6. The number of halogens is 2. The van der Waals surface area contributed by atoms with E-state index >= 15 is 0 Å². The summed E-state index contributed by atoms with van der Waals surface area (Å²) in [7, 11) is -2.19. The van der Waals surface area contributed by atoms with Crippen molar-refractivity contribution >= 4 is 105 Å². The standard InChI is InChI=1S/C51H45Cl2N7O10S/c1-27-3-7-35-37(15-27)45(59(63)64)22-39-40(18-30(24-52)48(35)39)50(61)43-19-28-16-32(4-9-41(28)55-43)69-13-11-57(2)12-14-70-33-5-10-42-29(17-33)20-44(56-42)51(62)58-26-31(25-53)49-36-8-6-34(71(54,67)68)21-38(36)46(60(65)66)23-47(49)58/h3-10,15-17,19-23,30-31,40,55-56H,11-14,18,24-26H2,1-2H3,(H2,54,67,68). The number of benzene rings is 6. The average Bonchev–Trinajstić information content (AvgIpc) is 4.15. The van der Waals surface area contributed by atoms with Crippen LogP contribution in [0.4, 0.5) is 17.1 Å². The number of sulfonamides is 1. The SMILES string of the molecule is Cc1ccc2c3c(cc([N+](=O)[O-])c2c1)C(C(=O)c1cc2cc(OCCN(C)CCOc4ccc5[nH]c(C(=O)N6CC(CCl)c7c6cc([N+](=O)[O-])c6cc(S(N)(=O)=O)ccc76)cc5c4)ccc2[nH]1)CC3CCl. The first-order chi connectivity index (χ1) is 34.0. The number of nitrogens with zero attached hydrogens (tertiary/aromatic N) is 4. The molecule has 0 radical (unpaired) electrons. The molecule has 4 N–H and O–H groups in total. The van der Waals surface area contributed by atoms with Crippen molar-refractivity contribution in [2.75, 3.05) is 56.6 Å². The molecule has 0 saturated carbocycles. The van der Waals surface area contributed by atoms with Gasteiger partial charge in [-0.2, -0.15) is 0 Å². The number of aromatic nitrogens is 2. The number of primary sulfonamides is 1. The summed E-state index contributed by atoms with van der Waals surface area (Å²) >= 11 is 12.8. The number of alkyl halides is 2. The molecule has 3 atom stereocenters. The number of aromatic amines is 2. The van der Waals surface area contributed by atoms with Gasteiger partial charge < -0.3 is 24.3 Å². The summed E-state index contributed by atoms with van der Waals surface area (Å²) in [6.07, 6.45) is 0.456. The molecule has 1 aliphatic carbocycles. The molecule has 1 aliphatic heterocycles. The number of Topliss-reactive ketones (excluding diaryl/α,β-unsaturated/α-hetero) is 1. The van der Waals surface area contributed by atoms with E-state index in [1.54, 1.807) is 30.3 Å². The van der Waals surface area contributed by atoms with Crippen LogP contribution in [-0.2, 0) is 10.0 Å². The van der Waals surface area contributed by atoms with Crippen LogP contribution in [0.2, 0.25) is 0 Å². The maximum atomic E-state index is 14.1. The molecule has 0 fully saturated rings. The molecule has 2 aliphatic rings. The molecule has 20 heteroatoms. The number of likely N-dealkylation sites (N-methyl/N-ethyl adjacent to an activating group) is 1. The number of nitrogens with one attached hydrogen (secondary N) is 2. The molecular formula is C51H45Cl2N7O10S. The Kier molecular flexibility index (Phi) is 12.5. The second kappa shape index (κ2) is 18.6. The first kappa shape index (κ1) is 47.6. The van der Waals surface area contributed by atoms with Gasteiger partial charge in [-0.15, -0.1) is 23.2 Å². The van der Waals surface area contributed by atoms with Crippen LogP contribution < -0.4 is 19.5 Å². The van der Waals surface area contributed by atoms with Crippen molar-refractivity contribution in [2.45, 2.75) is 36.0 Å². The monoisotopic (exact) mass is 1020 g/mol. The highest BCUT2D eigenvalue weighted by atomic mass is 35.5. The number of rotatable bonds is 16. The van der Waals surface area contributed by atoms with E-state index in [1.807, 2.05) is 56.4 Å². The Morgan fingerprint density at radius 3 is 1.94 bits per heavy atom. The number of H-pyrrole nitrogens is 2. The van der Waals surface area contributed by atoms with Gasteiger partial charge in [-0.05, 0) is 121 Å². The maximum absolute atomic E-state index is 14.1. The van der Waals surface area contributed by atoms with Gasteiger partial charge in [0.05, 0.1) is 42.8 Å². The molecule has 10 rings (SSSR count). The van der Waals surface area contributed by atoms with Gasteiger partial charge in [0, 0.05) is 71.3 Å². The number of aryl methyl sites for hydroxylation is 1. The fourth-order valence-electron chi connectivity index (χ4n) is 10.2. The smallest absolute Gasteiger partial charge is 0.279 e. The lowest BCUT2D eigenvalue weighted by Gasteiger charge is -2.17. The number of carbonyl (C=O) groups excluding carboxylic acids is 2. The number of nitro groups is 2. The number of hydrogen-bond donors (Lipinski definition) is 3. The number of carbonyl (C=O) groups is 2. The van der Waals surface area contributed by atoms with Crippen LogP contribution in [-0.4, -0.2) is 96.5 Å². The van der Waals surface area contributed by atoms with E-state index in [2.05, 4.69) is 14.9 Å².